The van der Waals surface area contributed by atoms with Crippen LogP contribution in [0, 0.1) is 11.8 Å². The van der Waals surface area contributed by atoms with Gasteiger partial charge in [-0.3, -0.25) is 0 Å². The fourth-order valence-electron chi connectivity index (χ4n) is 4.10. The first-order valence-corrected chi connectivity index (χ1v) is 8.86. The van der Waals surface area contributed by atoms with Crippen molar-refractivity contribution in [3.05, 3.63) is 35.9 Å². The van der Waals surface area contributed by atoms with Crippen LogP contribution in [0.15, 0.2) is 30.3 Å². The van der Waals surface area contributed by atoms with Crippen LogP contribution in [0.4, 0.5) is 4.79 Å². The fraction of sp³-hybridized carbons (Fsp3) is 0.632. The molecule has 1 aliphatic heterocycles. The lowest BCUT2D eigenvalue weighted by molar-refractivity contribution is 0.0785. The van der Waals surface area contributed by atoms with E-state index in [9.17, 15) is 9.90 Å². The molecule has 0 bridgehead atoms. The van der Waals surface area contributed by atoms with Crippen molar-refractivity contribution in [3.63, 3.8) is 0 Å². The van der Waals surface area contributed by atoms with E-state index in [1.807, 2.05) is 30.3 Å². The predicted molar refractivity (Wildman–Crippen MR) is 88.9 cm³/mol. The summed E-state index contributed by atoms with van der Waals surface area (Å²) in [6.07, 6.45) is 7.14. The summed E-state index contributed by atoms with van der Waals surface area (Å²) in [7, 11) is 0. The summed E-state index contributed by atoms with van der Waals surface area (Å²) in [5, 5.41) is 9.64. The summed E-state index contributed by atoms with van der Waals surface area (Å²) in [5.41, 5.74) is 0.990. The molecule has 23 heavy (non-hydrogen) atoms. The number of hydrogen-bond acceptors (Lipinski definition) is 3. The number of ether oxygens (including phenoxy) is 1. The molecule has 3 rings (SSSR count). The number of benzene rings is 1. The molecule has 1 saturated heterocycles. The van der Waals surface area contributed by atoms with Gasteiger partial charge in [0.15, 0.2) is 0 Å². The Balaban J connectivity index is 1.55. The topological polar surface area (TPSA) is 49.8 Å². The molecule has 2 fully saturated rings. The van der Waals surface area contributed by atoms with Crippen LogP contribution in [0.5, 0.6) is 0 Å². The number of carbonyl (C=O) groups excluding carboxylic acids is 1. The van der Waals surface area contributed by atoms with Crippen LogP contribution in [0.3, 0.4) is 0 Å². The maximum atomic E-state index is 12.4. The lowest BCUT2D eigenvalue weighted by Gasteiger charge is -2.27. The summed E-state index contributed by atoms with van der Waals surface area (Å²) in [6, 6.07) is 9.65. The molecule has 4 heteroatoms. The van der Waals surface area contributed by atoms with Crippen molar-refractivity contribution in [1.29, 1.82) is 0 Å². The van der Waals surface area contributed by atoms with Gasteiger partial charge in [0.1, 0.15) is 6.61 Å². The molecule has 2 unspecified atom stereocenters. The van der Waals surface area contributed by atoms with Crippen LogP contribution in [0.2, 0.25) is 0 Å². The second-order valence-corrected chi connectivity index (χ2v) is 6.92. The first kappa shape index (κ1) is 16.3. The first-order valence-electron chi connectivity index (χ1n) is 8.86. The van der Waals surface area contributed by atoms with Crippen LogP contribution >= 0.6 is 0 Å². The van der Waals surface area contributed by atoms with Crippen LogP contribution in [0.1, 0.15) is 44.1 Å². The number of carbonyl (C=O) groups is 1. The van der Waals surface area contributed by atoms with Crippen LogP contribution < -0.4 is 0 Å². The number of aliphatic hydroxyl groups excluding tert-OH is 1. The molecule has 2 aliphatic rings. The molecule has 1 aromatic rings. The van der Waals surface area contributed by atoms with Crippen molar-refractivity contribution < 1.29 is 14.6 Å². The van der Waals surface area contributed by atoms with Gasteiger partial charge in [0.25, 0.3) is 0 Å². The van der Waals surface area contributed by atoms with Crippen LogP contribution in [-0.2, 0) is 11.3 Å². The highest BCUT2D eigenvalue weighted by Crippen LogP contribution is 2.37. The Morgan fingerprint density at radius 2 is 1.87 bits per heavy atom. The summed E-state index contributed by atoms with van der Waals surface area (Å²) >= 11 is 0. The Morgan fingerprint density at radius 3 is 2.57 bits per heavy atom. The van der Waals surface area contributed by atoms with Crippen LogP contribution in [-0.4, -0.2) is 35.3 Å². The van der Waals surface area contributed by atoms with Gasteiger partial charge in [0.2, 0.25) is 0 Å². The minimum atomic E-state index is -0.286. The van der Waals surface area contributed by atoms with Crippen molar-refractivity contribution in [3.8, 4) is 0 Å². The molecule has 0 aromatic heterocycles. The summed E-state index contributed by atoms with van der Waals surface area (Å²) in [5.74, 6) is 1.24. The van der Waals surface area contributed by atoms with Gasteiger partial charge in [-0.05, 0) is 23.8 Å². The van der Waals surface area contributed by atoms with Crippen molar-refractivity contribution in [2.24, 2.45) is 11.8 Å². The minimum Gasteiger partial charge on any atom is -0.445 e. The number of rotatable bonds is 4. The lowest BCUT2D eigenvalue weighted by atomic mass is 9.79. The molecule has 1 saturated carbocycles. The second kappa shape index (κ2) is 7.82. The zero-order chi connectivity index (χ0) is 16.1. The number of aliphatic hydroxyl groups is 1. The fourth-order valence-corrected chi connectivity index (χ4v) is 4.10. The standard InChI is InChI=1S/C19H27NO3/c21-13-18-11-17(16-9-5-2-6-10-16)12-20(18)19(22)23-14-15-7-3-1-4-8-15/h1,3-4,7-8,16-18,21H,2,5-6,9-14H2. The third-order valence-corrected chi connectivity index (χ3v) is 5.41. The van der Waals surface area contributed by atoms with Crippen molar-refractivity contribution in [2.75, 3.05) is 13.2 Å². The van der Waals surface area contributed by atoms with E-state index < -0.39 is 0 Å². The quantitative estimate of drug-likeness (QED) is 0.923. The third-order valence-electron chi connectivity index (χ3n) is 5.41. The van der Waals surface area contributed by atoms with E-state index in [2.05, 4.69) is 0 Å². The van der Waals surface area contributed by atoms with E-state index >= 15 is 0 Å². The minimum absolute atomic E-state index is 0.0314. The molecule has 2 atom stereocenters. The molecule has 126 valence electrons. The maximum Gasteiger partial charge on any atom is 0.410 e. The van der Waals surface area contributed by atoms with E-state index in [1.165, 1.54) is 32.1 Å². The van der Waals surface area contributed by atoms with E-state index in [1.54, 1.807) is 4.90 Å². The van der Waals surface area contributed by atoms with Crippen molar-refractivity contribution >= 4 is 6.09 Å². The number of amides is 1. The van der Waals surface area contributed by atoms with E-state index in [0.29, 0.717) is 18.4 Å². The van der Waals surface area contributed by atoms with Gasteiger partial charge < -0.3 is 14.7 Å². The van der Waals surface area contributed by atoms with Gasteiger partial charge in [-0.15, -0.1) is 0 Å². The number of hydrogen-bond donors (Lipinski definition) is 1. The summed E-state index contributed by atoms with van der Waals surface area (Å²) in [4.78, 5) is 14.2. The largest absolute Gasteiger partial charge is 0.445 e. The SMILES string of the molecule is O=C(OCc1ccccc1)N1CC(C2CCCCC2)CC1CO. The highest BCUT2D eigenvalue weighted by molar-refractivity contribution is 5.68. The molecule has 1 N–H and O–H groups in total. The average Bonchev–Trinajstić information content (AvgIpc) is 3.06. The normalized spacial score (nSPS) is 25.5. The van der Waals surface area contributed by atoms with Gasteiger partial charge in [-0.25, -0.2) is 4.79 Å². The highest BCUT2D eigenvalue weighted by Gasteiger charge is 2.39. The molecule has 1 amide bonds. The monoisotopic (exact) mass is 317 g/mol. The van der Waals surface area contributed by atoms with Gasteiger partial charge >= 0.3 is 6.09 Å². The molecular weight excluding hydrogens is 290 g/mol. The Labute approximate surface area is 138 Å². The lowest BCUT2D eigenvalue weighted by Crippen LogP contribution is -2.38. The second-order valence-electron chi connectivity index (χ2n) is 6.92. The molecule has 0 radical (unpaired) electrons. The zero-order valence-corrected chi connectivity index (χ0v) is 13.7. The van der Waals surface area contributed by atoms with E-state index in [-0.39, 0.29) is 18.7 Å². The maximum absolute atomic E-state index is 12.4. The Hall–Kier alpha value is -1.55. The number of nitrogens with zero attached hydrogens (tertiary/aromatic N) is 1. The van der Waals surface area contributed by atoms with Gasteiger partial charge in [0, 0.05) is 6.54 Å². The Morgan fingerprint density at radius 1 is 1.13 bits per heavy atom. The number of likely N-dealkylation sites (tertiary alicyclic amines) is 1. The average molecular weight is 317 g/mol. The predicted octanol–water partition coefficient (Wildman–Crippen LogP) is 3.59. The Bertz CT molecular complexity index is 499. The first-order chi connectivity index (χ1) is 11.3. The smallest absolute Gasteiger partial charge is 0.410 e. The molecule has 1 aromatic carbocycles. The summed E-state index contributed by atoms with van der Waals surface area (Å²) in [6.45, 7) is 1.07. The molecule has 4 nitrogen and oxygen atoms in total. The third kappa shape index (κ3) is 4.05. The van der Waals surface area contributed by atoms with Crippen LogP contribution in [0.25, 0.3) is 0 Å². The zero-order valence-electron chi connectivity index (χ0n) is 13.7. The van der Waals surface area contributed by atoms with E-state index in [0.717, 1.165) is 18.5 Å². The molecule has 0 spiro atoms. The van der Waals surface area contributed by atoms with Gasteiger partial charge in [-0.2, -0.15) is 0 Å². The molecule has 1 heterocycles. The van der Waals surface area contributed by atoms with Crippen molar-refractivity contribution in [2.45, 2.75) is 51.2 Å². The van der Waals surface area contributed by atoms with E-state index in [4.69, 9.17) is 4.74 Å². The van der Waals surface area contributed by atoms with Crippen molar-refractivity contribution in [1.82, 2.24) is 4.90 Å². The highest BCUT2D eigenvalue weighted by atomic mass is 16.6. The Kier molecular flexibility index (Phi) is 5.55. The molecular formula is C19H27NO3. The van der Waals surface area contributed by atoms with Gasteiger partial charge in [-0.1, -0.05) is 62.4 Å². The summed E-state index contributed by atoms with van der Waals surface area (Å²) < 4.78 is 5.46. The molecule has 1 aliphatic carbocycles. The van der Waals surface area contributed by atoms with Gasteiger partial charge in [0.05, 0.1) is 12.6 Å².